The highest BCUT2D eigenvalue weighted by Gasteiger charge is 2.66. The Kier molecular flexibility index (Phi) is 44.1. The lowest BCUT2D eigenvalue weighted by molar-refractivity contribution is 0.00578. The molecule has 3 nitrogen and oxygen atoms in total. The van der Waals surface area contributed by atoms with E-state index in [1.165, 1.54) is 11.1 Å². The minimum absolute atomic E-state index is 0.331. The number of benzene rings is 2. The van der Waals surface area contributed by atoms with Gasteiger partial charge in [0.25, 0.3) is 0 Å². The Balaban J connectivity index is 0.000000834. The van der Waals surface area contributed by atoms with Gasteiger partial charge in [0, 0.05) is 562 Å². The first kappa shape index (κ1) is 102. The summed E-state index contributed by atoms with van der Waals surface area (Å²) in [4.78, 5) is 4.70. The van der Waals surface area contributed by atoms with Gasteiger partial charge in [-0.25, -0.2) is 0 Å². The van der Waals surface area contributed by atoms with E-state index in [-0.39, 0.29) is 18.3 Å². The average molecular weight is 1200 g/mol. The number of aromatic nitrogens is 1. The largest absolute Gasteiger partial charge is 0.494 e. The van der Waals surface area contributed by atoms with Gasteiger partial charge >= 0.3 is 7.12 Å². The zero-order chi connectivity index (χ0) is 81.0. The lowest BCUT2D eigenvalue weighted by atomic mass is 8.20. The summed E-state index contributed by atoms with van der Waals surface area (Å²) in [6, 6.07) is 20.8. The molecule has 1 aromatic heterocycles. The van der Waals surface area contributed by atoms with Gasteiger partial charge in [0.15, 0.2) is 0 Å². The molecule has 79 radical (unpaired) electrons. The Morgan fingerprint density at radius 3 is 0.743 bits per heavy atom. The minimum atomic E-state index is -1.84. The number of hydrogen-bond donors (Lipinski definition) is 0. The Hall–Kier alpha value is 2.57. The number of aryl methyl sites for hydroxylation is 1. The van der Waals surface area contributed by atoms with Gasteiger partial charge in [-0.2, -0.15) is 0 Å². The fourth-order valence-corrected chi connectivity index (χ4v) is 17.0. The van der Waals surface area contributed by atoms with Crippen molar-refractivity contribution in [3.63, 3.8) is 0 Å². The van der Waals surface area contributed by atoms with Crippen molar-refractivity contribution in [3.05, 3.63) is 72.4 Å². The van der Waals surface area contributed by atoms with Crippen molar-refractivity contribution in [3.8, 4) is 22.4 Å². The zero-order valence-electron chi connectivity index (χ0n) is 61.6. The van der Waals surface area contributed by atoms with E-state index < -0.39 is 236 Å². The fraction of sp³-hybridized carbons (Fsp3) is 0.292. The van der Waals surface area contributed by atoms with Crippen LogP contribution in [0.25, 0.3) is 22.4 Å². The van der Waals surface area contributed by atoms with Crippen LogP contribution in [0, 0.1) is 6.92 Å². The molecule has 105 heavy (non-hydrogen) atoms. The van der Waals surface area contributed by atoms with Crippen LogP contribution in [-0.4, -0.2) is 568 Å². The second kappa shape index (κ2) is 45.5. The first-order valence-corrected chi connectivity index (χ1v) is 35.1. The average Bonchev–Trinajstić information content (AvgIpc) is 1.29. The number of nitrogens with zero attached hydrogens (tertiary/aromatic N) is 1. The van der Waals surface area contributed by atoms with Crippen LogP contribution in [0.3, 0.4) is 0 Å². The van der Waals surface area contributed by atoms with E-state index >= 15 is 0 Å². The van der Waals surface area contributed by atoms with Gasteiger partial charge in [0.1, 0.15) is 0 Å². The molecule has 2 heterocycles. The molecule has 0 spiro atoms. The smallest absolute Gasteiger partial charge is 0.399 e. The summed E-state index contributed by atoms with van der Waals surface area (Å²) in [6.45, 7) is 10.4. The van der Waals surface area contributed by atoms with Gasteiger partial charge in [-0.05, 0) is 57.3 Å². The molecule has 2 aromatic carbocycles. The molecule has 0 bridgehead atoms. The maximum absolute atomic E-state index is 6.88. The molecule has 0 atom stereocenters. The topological polar surface area (TPSA) is 31.4 Å². The van der Waals surface area contributed by atoms with Gasteiger partial charge in [-0.3, -0.25) is 4.98 Å². The minimum Gasteiger partial charge on any atom is -0.399 e. The third kappa shape index (κ3) is 26.3. The molecule has 373 valence electrons. The number of pyridine rings is 1. The second-order valence-corrected chi connectivity index (χ2v) is 30.0. The molecule has 1 saturated heterocycles. The zero-order valence-corrected chi connectivity index (χ0v) is 61.6. The summed E-state index contributed by atoms with van der Waals surface area (Å²) in [5.74, 6) is 0. The van der Waals surface area contributed by atoms with E-state index in [4.69, 9.17) is 316 Å². The van der Waals surface area contributed by atoms with Crippen LogP contribution in [-0.2, 0) is 9.31 Å². The van der Waals surface area contributed by atoms with Crippen LogP contribution < -0.4 is 5.46 Å². The third-order valence-electron chi connectivity index (χ3n) is 22.1. The summed E-state index contributed by atoms with van der Waals surface area (Å²) in [5.41, 5.74) is 5.99. The van der Waals surface area contributed by atoms with Gasteiger partial charge in [0.05, 0.1) is 16.9 Å². The normalized spacial score (nSPS) is 11.9. The molecule has 81 heteroatoms. The highest BCUT2D eigenvalue weighted by atomic mass is 16.7. The fourth-order valence-electron chi connectivity index (χ4n) is 17.0. The van der Waals surface area contributed by atoms with E-state index in [0.29, 0.717) is 0 Å². The van der Waals surface area contributed by atoms with E-state index in [1.54, 1.807) is 0 Å². The van der Waals surface area contributed by atoms with Crippen molar-refractivity contribution in [2.75, 3.05) is 0 Å². The summed E-state index contributed by atoms with van der Waals surface area (Å²) < 4.78 is 12.3. The van der Waals surface area contributed by atoms with Crippen molar-refractivity contribution in [2.45, 2.75) is 45.8 Å². The Labute approximate surface area is 705 Å². The standard InChI is InChI=1S/C24H26BNO2.B77/c1-17-15-22(26-16-21(17)18-9-7-6-8-10-18)19-11-13-20(14-12-19)25-27-23(2,3)24(4,5)28-25;1-40-60(41(2)3)70(61(42(4)5)43(6)7)75(71(62(44(8)9)45(10)11)63(46(12)13)47(14)15)77(74(68(56(32)33)57(34)35)69(58(36)37)59(38)39)76(72(64(48(16)17)49(18)19)65(50(20)21)51(22)23)73(66(52(24)25)53(26)27)67(54(28)29)55(30)31/h6-16H,1-5H3;. The Morgan fingerprint density at radius 1 is 0.295 bits per heavy atom. The first-order valence-electron chi connectivity index (χ1n) is 35.1. The van der Waals surface area contributed by atoms with Crippen LogP contribution in [0.1, 0.15) is 33.3 Å². The van der Waals surface area contributed by atoms with Gasteiger partial charge in [-0.1, -0.05) is 54.6 Å². The molecule has 0 N–H and O–H groups in total. The van der Waals surface area contributed by atoms with Crippen LogP contribution in [0.2, 0.25) is 0 Å². The Morgan fingerprint density at radius 2 is 0.524 bits per heavy atom. The summed E-state index contributed by atoms with van der Waals surface area (Å²) in [5, 5.41) is 0. The molecule has 3 aromatic rings. The predicted molar refractivity (Wildman–Crippen MR) is 559 cm³/mol. The van der Waals surface area contributed by atoms with Crippen molar-refractivity contribution in [2.24, 2.45) is 0 Å². The predicted octanol–water partition coefficient (Wildman–Crippen LogP) is -24.3. The summed E-state index contributed by atoms with van der Waals surface area (Å²) in [7, 11) is 267. The van der Waals surface area contributed by atoms with E-state index in [1.807, 2.05) is 12.3 Å². The molecule has 1 aliphatic heterocycles. The van der Waals surface area contributed by atoms with Crippen molar-refractivity contribution < 1.29 is 9.31 Å². The highest BCUT2D eigenvalue weighted by Crippen LogP contribution is 2.37. The maximum atomic E-state index is 6.88. The van der Waals surface area contributed by atoms with Gasteiger partial charge in [-0.15, -0.1) is 0 Å². The SMILES string of the molecule is Cc1cc(-c2ccc(B3OC(C)(C)C(C)(C)O3)cc2)ncc1-c1ccccc1.[B][B]B(B([B])[B])B(B(B([B])[B])B([B])[B])B(B(B(B([B])[B])B([B])[B])B(B([B])[B])B([B])[B])B(B(B(B([B])[B])B([B])[B])B(B([B])[B])B([B])[B])B(B(B(B([B])[B])B([B])[B])B(B([B])[B])B([B])[B])B(B(B([B])[B])B([B])[B])B(B([B])[B])B([B])[B]. The molecular weight excluding hydrogens is 1180 g/mol. The number of rotatable bonds is 40. The lowest BCUT2D eigenvalue weighted by Gasteiger charge is -2.61. The summed E-state index contributed by atoms with van der Waals surface area (Å²) >= 11 is 0. The third-order valence-corrected chi connectivity index (χ3v) is 22.1. The van der Waals surface area contributed by atoms with E-state index in [0.717, 1.165) is 29.3 Å². The maximum Gasteiger partial charge on any atom is 0.494 e. The van der Waals surface area contributed by atoms with Gasteiger partial charge in [0.2, 0.25) is 0 Å². The monoisotopic (exact) mass is 1220 g/mol. The first-order chi connectivity index (χ1) is 48.3. The molecular formula is C24H26B78NO2. The second-order valence-electron chi connectivity index (χ2n) is 30.0. The summed E-state index contributed by atoms with van der Waals surface area (Å²) in [6.07, 6.45) is -58.1. The lowest BCUT2D eigenvalue weighted by Crippen LogP contribution is -2.99. The van der Waals surface area contributed by atoms with E-state index in [9.17, 15) is 0 Å². The molecule has 0 unspecified atom stereocenters. The van der Waals surface area contributed by atoms with Crippen molar-refractivity contribution in [1.82, 2.24) is 4.98 Å². The molecule has 0 saturated carbocycles. The van der Waals surface area contributed by atoms with Gasteiger partial charge < -0.3 is 9.31 Å². The Bertz CT molecular complexity index is 2720. The van der Waals surface area contributed by atoms with Crippen LogP contribution >= 0.6 is 0 Å². The molecule has 0 amide bonds. The van der Waals surface area contributed by atoms with Crippen molar-refractivity contribution in [1.29, 1.82) is 0 Å². The molecule has 1 fully saturated rings. The van der Waals surface area contributed by atoms with Crippen molar-refractivity contribution >= 4 is 558 Å². The molecule has 4 rings (SSSR count). The van der Waals surface area contributed by atoms with Crippen LogP contribution in [0.15, 0.2) is 66.9 Å². The highest BCUT2D eigenvalue weighted by molar-refractivity contribution is 8.41. The molecule has 0 aliphatic carbocycles. The van der Waals surface area contributed by atoms with E-state index in [2.05, 4.69) is 89.2 Å². The van der Waals surface area contributed by atoms with Crippen LogP contribution in [0.4, 0.5) is 0 Å². The number of hydrogen-bond acceptors (Lipinski definition) is 3. The van der Waals surface area contributed by atoms with Crippen LogP contribution in [0.5, 0.6) is 0 Å². The molecule has 1 aliphatic rings. The quantitative estimate of drug-likeness (QED) is 0.0532.